The third kappa shape index (κ3) is 2.65. The van der Waals surface area contributed by atoms with Crippen LogP contribution in [0.2, 0.25) is 0 Å². The highest BCUT2D eigenvalue weighted by Gasteiger charge is 2.75. The summed E-state index contributed by atoms with van der Waals surface area (Å²) in [4.78, 5) is 25.3. The third-order valence-electron chi connectivity index (χ3n) is 9.22. The molecule has 4 aliphatic carbocycles. The zero-order chi connectivity index (χ0) is 23.1. The number of allylic oxidation sites excluding steroid dienone is 4. The lowest BCUT2D eigenvalue weighted by molar-refractivity contribution is -0.200. The second kappa shape index (κ2) is 7.08. The van der Waals surface area contributed by atoms with Crippen LogP contribution in [0.1, 0.15) is 60.7 Å². The number of aliphatic hydroxyl groups is 2. The van der Waals surface area contributed by atoms with Gasteiger partial charge in [0, 0.05) is 16.7 Å². The third-order valence-corrected chi connectivity index (χ3v) is 9.22. The van der Waals surface area contributed by atoms with Crippen molar-refractivity contribution in [2.75, 3.05) is 6.61 Å². The Balaban J connectivity index is 1.57. The first kappa shape index (κ1) is 20.3. The Bertz CT molecular complexity index is 914. The Morgan fingerprint density at radius 2 is 2.16 bits per heavy atom. The number of rotatable bonds is 4. The van der Waals surface area contributed by atoms with Gasteiger partial charge in [-0.1, -0.05) is 38.8 Å². The number of Topliss-reactive ketones (excluding diaryl/α,β-unsaturated/α-hetero) is 1. The van der Waals surface area contributed by atoms with E-state index in [0.29, 0.717) is 25.7 Å². The fourth-order valence-electron chi connectivity index (χ4n) is 7.96. The number of fused-ring (bicyclic) bond motifs is 7. The smallest absolute Gasteiger partial charge is 0.193 e. The van der Waals surface area contributed by atoms with Gasteiger partial charge >= 0.3 is 0 Å². The van der Waals surface area contributed by atoms with Crippen molar-refractivity contribution in [3.8, 4) is 0 Å². The molecule has 31 heavy (non-hydrogen) atoms. The van der Waals surface area contributed by atoms with Crippen molar-refractivity contribution in [3.63, 3.8) is 0 Å². The molecule has 1 heterocycles. The van der Waals surface area contributed by atoms with E-state index in [9.17, 15) is 19.8 Å². The molecule has 1 saturated heterocycles. The van der Waals surface area contributed by atoms with E-state index in [-0.39, 0.29) is 23.5 Å². The van der Waals surface area contributed by atoms with E-state index in [1.54, 1.807) is 12.2 Å². The number of ether oxygens (including phenoxy) is 2. The van der Waals surface area contributed by atoms with Crippen molar-refractivity contribution in [1.82, 2.24) is 0 Å². The van der Waals surface area contributed by atoms with Crippen LogP contribution in [-0.4, -0.2) is 52.5 Å². The van der Waals surface area contributed by atoms with E-state index in [2.05, 4.69) is 6.92 Å². The van der Waals surface area contributed by atoms with Crippen LogP contribution in [0.15, 0.2) is 23.8 Å². The van der Waals surface area contributed by atoms with Gasteiger partial charge in [0.05, 0.1) is 13.6 Å². The number of ketones is 2. The van der Waals surface area contributed by atoms with Gasteiger partial charge in [0.1, 0.15) is 6.61 Å². The van der Waals surface area contributed by atoms with Crippen molar-refractivity contribution < 1.29 is 30.6 Å². The van der Waals surface area contributed by atoms with Crippen molar-refractivity contribution in [1.29, 1.82) is 0 Å². The second-order valence-corrected chi connectivity index (χ2v) is 10.6. The maximum Gasteiger partial charge on any atom is 0.193 e. The van der Waals surface area contributed by atoms with Gasteiger partial charge in [-0.05, 0) is 56.1 Å². The lowest BCUT2D eigenvalue weighted by Crippen LogP contribution is -2.63. The molecular weight excluding hydrogens is 396 g/mol. The van der Waals surface area contributed by atoms with E-state index in [4.69, 9.17) is 10.8 Å². The molecule has 6 nitrogen and oxygen atoms in total. The van der Waals surface area contributed by atoms with Crippen LogP contribution in [0, 0.1) is 28.6 Å². The fraction of sp³-hybridized carbons (Fsp3) is 0.760. The predicted molar refractivity (Wildman–Crippen MR) is 113 cm³/mol. The highest BCUT2D eigenvalue weighted by atomic mass is 16.7. The largest absolute Gasteiger partial charge is 0.393 e. The van der Waals surface area contributed by atoms with Crippen LogP contribution >= 0.6 is 0 Å². The minimum absolute atomic E-state index is 0.00142. The molecule has 0 amide bonds. The molecule has 6 heteroatoms. The van der Waals surface area contributed by atoms with Gasteiger partial charge in [0.15, 0.2) is 23.4 Å². The van der Waals surface area contributed by atoms with Gasteiger partial charge in [-0.25, -0.2) is 0 Å². The molecule has 0 spiro atoms. The summed E-state index contributed by atoms with van der Waals surface area (Å²) in [5, 5.41) is 21.4. The molecule has 0 bridgehead atoms. The molecule has 0 radical (unpaired) electrons. The zero-order valence-electron chi connectivity index (χ0n) is 19.6. The maximum atomic E-state index is 13.3. The maximum absolute atomic E-state index is 13.3. The lowest BCUT2D eigenvalue weighted by atomic mass is 9.46. The molecule has 1 aliphatic heterocycles. The number of carbonyl (C=O) groups is 2. The van der Waals surface area contributed by atoms with Gasteiger partial charge in [-0.15, -0.1) is 0 Å². The van der Waals surface area contributed by atoms with Crippen molar-refractivity contribution >= 4 is 11.6 Å². The number of hydrogen-bond acceptors (Lipinski definition) is 6. The summed E-state index contributed by atoms with van der Waals surface area (Å²) in [6.45, 7) is 5.36. The van der Waals surface area contributed by atoms with Gasteiger partial charge < -0.3 is 19.7 Å². The summed E-state index contributed by atoms with van der Waals surface area (Å²) in [5.41, 5.74) is -1.49. The van der Waals surface area contributed by atoms with E-state index < -0.39 is 47.3 Å². The van der Waals surface area contributed by atoms with Crippen molar-refractivity contribution in [2.45, 2.75) is 83.4 Å². The standard InChI is InChI=1S/C25H34O6/c1-4-5-21-30-20-11-17-16-7-6-14-10-15(27)8-9-23(14,2)22(16)18(28)12-24(17,3)25(20,31-21)19(29)13-26/h8-10,16-18,20-22,26,28H,4-7,11-13H2,1-3H3/t16-,17-,18-,20+,21+,22+,23-,24-,25+/m0/s1/i21D. The van der Waals surface area contributed by atoms with Crippen molar-refractivity contribution in [2.24, 2.45) is 28.6 Å². The van der Waals surface area contributed by atoms with Gasteiger partial charge in [0.2, 0.25) is 0 Å². The van der Waals surface area contributed by atoms with Crippen molar-refractivity contribution in [3.05, 3.63) is 23.8 Å². The summed E-state index contributed by atoms with van der Waals surface area (Å²) in [5.74, 6) is -0.350. The van der Waals surface area contributed by atoms with Gasteiger partial charge in [-0.3, -0.25) is 9.59 Å². The van der Waals surface area contributed by atoms with E-state index in [1.807, 2.05) is 19.9 Å². The first-order valence-corrected chi connectivity index (χ1v) is 11.7. The molecule has 170 valence electrons. The normalized spacial score (nSPS) is 53.2. The molecule has 9 atom stereocenters. The highest BCUT2D eigenvalue weighted by molar-refractivity contribution is 6.01. The average molecular weight is 432 g/mol. The van der Waals surface area contributed by atoms with E-state index in [0.717, 1.165) is 18.4 Å². The predicted octanol–water partition coefficient (Wildman–Crippen LogP) is 2.72. The van der Waals surface area contributed by atoms with Gasteiger partial charge in [0.25, 0.3) is 0 Å². The minimum atomic E-state index is -1.61. The first-order chi connectivity index (χ1) is 15.0. The molecule has 5 rings (SSSR count). The SMILES string of the molecule is [2H][C@@]1(CCC)O[C@@H]2C[C@H]3[C@@H]4CCC5=CC(=O)C=C[C@]5(C)[C@H]4[C@@H](O)C[C@]3(C)[C@]2(C(=O)CO)O1. The van der Waals surface area contributed by atoms with Crippen LogP contribution in [0.25, 0.3) is 0 Å². The van der Waals surface area contributed by atoms with E-state index in [1.165, 1.54) is 0 Å². The van der Waals surface area contributed by atoms with Crippen LogP contribution in [0.3, 0.4) is 0 Å². The minimum Gasteiger partial charge on any atom is -0.393 e. The number of hydrogen-bond donors (Lipinski definition) is 2. The summed E-state index contributed by atoms with van der Waals surface area (Å²) < 4.78 is 21.1. The van der Waals surface area contributed by atoms with Crippen LogP contribution in [0.5, 0.6) is 0 Å². The molecule has 0 aromatic heterocycles. The average Bonchev–Trinajstić information content (AvgIpc) is 3.15. The first-order valence-electron chi connectivity index (χ1n) is 12.2. The molecule has 3 saturated carbocycles. The zero-order valence-corrected chi connectivity index (χ0v) is 18.6. The number of aliphatic hydroxyl groups excluding tert-OH is 2. The molecule has 0 aromatic rings. The second-order valence-electron chi connectivity index (χ2n) is 10.6. The Labute approximate surface area is 185 Å². The summed E-state index contributed by atoms with van der Waals surface area (Å²) in [6.07, 6.45) is 5.87. The molecule has 4 fully saturated rings. The summed E-state index contributed by atoms with van der Waals surface area (Å²) in [7, 11) is 0. The summed E-state index contributed by atoms with van der Waals surface area (Å²) >= 11 is 0. The highest BCUT2D eigenvalue weighted by Crippen LogP contribution is 2.69. The Morgan fingerprint density at radius 3 is 2.87 bits per heavy atom. The monoisotopic (exact) mass is 431 g/mol. The molecule has 0 aromatic carbocycles. The Hall–Kier alpha value is -1.34. The van der Waals surface area contributed by atoms with E-state index >= 15 is 0 Å². The summed E-state index contributed by atoms with van der Waals surface area (Å²) in [6, 6.07) is 0. The van der Waals surface area contributed by atoms with Crippen LogP contribution in [0.4, 0.5) is 0 Å². The molecular formula is C25H34O6. The van der Waals surface area contributed by atoms with Crippen LogP contribution < -0.4 is 0 Å². The topological polar surface area (TPSA) is 93.1 Å². The van der Waals surface area contributed by atoms with Gasteiger partial charge in [-0.2, -0.15) is 0 Å². The van der Waals surface area contributed by atoms with Crippen LogP contribution in [-0.2, 0) is 19.1 Å². The molecule has 0 unspecified atom stereocenters. The molecule has 5 aliphatic rings. The molecule has 2 N–H and O–H groups in total. The quantitative estimate of drug-likeness (QED) is 0.711. The Kier molecular flexibility index (Phi) is 4.63. The fourth-order valence-corrected chi connectivity index (χ4v) is 7.96. The Morgan fingerprint density at radius 1 is 1.39 bits per heavy atom. The number of carbonyl (C=O) groups excluding carboxylic acids is 2. The lowest BCUT2D eigenvalue weighted by Gasteiger charge is -2.59.